The summed E-state index contributed by atoms with van der Waals surface area (Å²) >= 11 is 0. The minimum Gasteiger partial charge on any atom is -0.468 e. The van der Waals surface area contributed by atoms with E-state index in [2.05, 4.69) is 0 Å². The number of aldehydes is 1. The number of halogens is 1. The minimum atomic E-state index is -1.37. The van der Waals surface area contributed by atoms with Crippen LogP contribution in [0.15, 0.2) is 85.1 Å². The Labute approximate surface area is 186 Å². The van der Waals surface area contributed by atoms with Crippen molar-refractivity contribution in [3.05, 3.63) is 108 Å². The van der Waals surface area contributed by atoms with Gasteiger partial charge in [0.25, 0.3) is 0 Å². The summed E-state index contributed by atoms with van der Waals surface area (Å²) in [7, 11) is 3.20. The Balaban J connectivity index is 2.17. The number of aromatic nitrogens is 1. The molecule has 0 aliphatic rings. The SMILES string of the molecule is COC(=O)C(c1ccccc1)(c1cn(C)c2ccc(F)cc12)C(CC=O)c1ccccc1. The topological polar surface area (TPSA) is 48.3 Å². The van der Waals surface area contributed by atoms with Crippen LogP contribution in [0.4, 0.5) is 4.39 Å². The highest BCUT2D eigenvalue weighted by atomic mass is 19.1. The molecule has 4 aromatic rings. The molecule has 0 N–H and O–H groups in total. The number of benzene rings is 3. The Bertz CT molecular complexity index is 1250. The summed E-state index contributed by atoms with van der Waals surface area (Å²) in [6.45, 7) is 0. The lowest BCUT2D eigenvalue weighted by molar-refractivity contribution is -0.146. The maximum atomic E-state index is 14.4. The lowest BCUT2D eigenvalue weighted by Crippen LogP contribution is -2.44. The summed E-state index contributed by atoms with van der Waals surface area (Å²) in [5.41, 5.74) is 1.51. The molecule has 0 amide bonds. The fourth-order valence-electron chi connectivity index (χ4n) is 4.80. The van der Waals surface area contributed by atoms with Crippen molar-refractivity contribution in [1.82, 2.24) is 4.57 Å². The van der Waals surface area contributed by atoms with Gasteiger partial charge in [-0.2, -0.15) is 0 Å². The van der Waals surface area contributed by atoms with Crippen LogP contribution in [0.1, 0.15) is 29.0 Å². The van der Waals surface area contributed by atoms with Gasteiger partial charge in [0.2, 0.25) is 0 Å². The summed E-state index contributed by atoms with van der Waals surface area (Å²) in [5, 5.41) is 0.605. The van der Waals surface area contributed by atoms with E-state index in [9.17, 15) is 14.0 Å². The maximum Gasteiger partial charge on any atom is 0.321 e. The van der Waals surface area contributed by atoms with Gasteiger partial charge in [-0.25, -0.2) is 4.39 Å². The van der Waals surface area contributed by atoms with E-state index in [0.717, 1.165) is 17.4 Å². The van der Waals surface area contributed by atoms with Crippen LogP contribution in [-0.4, -0.2) is 23.9 Å². The van der Waals surface area contributed by atoms with Crippen LogP contribution in [0.2, 0.25) is 0 Å². The summed E-state index contributed by atoms with van der Waals surface area (Å²) in [6, 6.07) is 23.3. The Morgan fingerprint density at radius 3 is 2.34 bits per heavy atom. The van der Waals surface area contributed by atoms with E-state index in [1.165, 1.54) is 19.2 Å². The third-order valence-electron chi connectivity index (χ3n) is 6.17. The van der Waals surface area contributed by atoms with Crippen molar-refractivity contribution in [2.75, 3.05) is 7.11 Å². The van der Waals surface area contributed by atoms with Crippen LogP contribution in [0.5, 0.6) is 0 Å². The van der Waals surface area contributed by atoms with E-state index in [0.29, 0.717) is 16.5 Å². The minimum absolute atomic E-state index is 0.0830. The number of ether oxygens (including phenoxy) is 1. The van der Waals surface area contributed by atoms with Gasteiger partial charge in [-0.05, 0) is 29.3 Å². The largest absolute Gasteiger partial charge is 0.468 e. The van der Waals surface area contributed by atoms with E-state index in [-0.39, 0.29) is 6.42 Å². The van der Waals surface area contributed by atoms with Gasteiger partial charge in [0.05, 0.1) is 7.11 Å². The van der Waals surface area contributed by atoms with Crippen molar-refractivity contribution in [2.45, 2.75) is 17.8 Å². The van der Waals surface area contributed by atoms with Crippen LogP contribution >= 0.6 is 0 Å². The van der Waals surface area contributed by atoms with Crippen molar-refractivity contribution >= 4 is 23.2 Å². The quantitative estimate of drug-likeness (QED) is 0.302. The van der Waals surface area contributed by atoms with Crippen LogP contribution in [0.3, 0.4) is 0 Å². The Morgan fingerprint density at radius 2 is 1.72 bits per heavy atom. The maximum absolute atomic E-state index is 14.4. The van der Waals surface area contributed by atoms with Crippen molar-refractivity contribution in [3.8, 4) is 0 Å². The second-order valence-electron chi connectivity index (χ2n) is 7.85. The zero-order chi connectivity index (χ0) is 22.7. The number of carbonyl (C=O) groups is 2. The highest BCUT2D eigenvalue weighted by Crippen LogP contribution is 2.49. The third-order valence-corrected chi connectivity index (χ3v) is 6.17. The molecule has 0 aliphatic carbocycles. The number of nitrogens with zero attached hydrogens (tertiary/aromatic N) is 1. The van der Waals surface area contributed by atoms with Crippen LogP contribution in [-0.2, 0) is 26.8 Å². The molecule has 32 heavy (non-hydrogen) atoms. The molecule has 0 bridgehead atoms. The lowest BCUT2D eigenvalue weighted by atomic mass is 9.62. The molecule has 4 rings (SSSR count). The van der Waals surface area contributed by atoms with Crippen molar-refractivity contribution in [1.29, 1.82) is 0 Å². The molecular formula is C27H24FNO3. The average molecular weight is 429 g/mol. The van der Waals surface area contributed by atoms with Crippen LogP contribution in [0, 0.1) is 5.82 Å². The zero-order valence-corrected chi connectivity index (χ0v) is 18.0. The number of hydrogen-bond donors (Lipinski definition) is 0. The van der Waals surface area contributed by atoms with Crippen LogP contribution in [0.25, 0.3) is 10.9 Å². The normalized spacial score (nSPS) is 14.0. The van der Waals surface area contributed by atoms with Gasteiger partial charge in [0.1, 0.15) is 17.5 Å². The number of rotatable bonds is 7. The molecule has 162 valence electrons. The summed E-state index contributed by atoms with van der Waals surface area (Å²) < 4.78 is 21.7. The second-order valence-corrected chi connectivity index (χ2v) is 7.85. The van der Waals surface area contributed by atoms with E-state index >= 15 is 0 Å². The fraction of sp³-hybridized carbons (Fsp3) is 0.185. The van der Waals surface area contributed by atoms with Crippen LogP contribution < -0.4 is 0 Å². The molecule has 2 atom stereocenters. The molecule has 0 radical (unpaired) electrons. The monoisotopic (exact) mass is 429 g/mol. The molecule has 1 aromatic heterocycles. The van der Waals surface area contributed by atoms with E-state index in [1.54, 1.807) is 6.07 Å². The van der Waals surface area contributed by atoms with Gasteiger partial charge >= 0.3 is 5.97 Å². The smallest absolute Gasteiger partial charge is 0.321 e. The molecule has 0 fully saturated rings. The Kier molecular flexibility index (Phi) is 5.91. The van der Waals surface area contributed by atoms with Crippen molar-refractivity contribution in [2.24, 2.45) is 7.05 Å². The molecule has 4 nitrogen and oxygen atoms in total. The van der Waals surface area contributed by atoms with E-state index in [4.69, 9.17) is 4.74 Å². The molecule has 0 spiro atoms. The Morgan fingerprint density at radius 1 is 1.06 bits per heavy atom. The third kappa shape index (κ3) is 3.40. The number of fused-ring (bicyclic) bond motifs is 1. The number of methoxy groups -OCH3 is 1. The van der Waals surface area contributed by atoms with Crippen molar-refractivity contribution in [3.63, 3.8) is 0 Å². The fourth-order valence-corrected chi connectivity index (χ4v) is 4.80. The first kappa shape index (κ1) is 21.5. The van der Waals surface area contributed by atoms with Gasteiger partial charge in [0, 0.05) is 42.0 Å². The average Bonchev–Trinajstić information content (AvgIpc) is 3.15. The highest BCUT2D eigenvalue weighted by molar-refractivity contribution is 5.97. The van der Waals surface area contributed by atoms with Crippen molar-refractivity contribution < 1.29 is 18.7 Å². The molecule has 0 aliphatic heterocycles. The number of carbonyl (C=O) groups excluding carboxylic acids is 2. The molecule has 1 heterocycles. The molecule has 5 heteroatoms. The predicted octanol–water partition coefficient (Wildman–Crippen LogP) is 5.15. The highest BCUT2D eigenvalue weighted by Gasteiger charge is 2.51. The first-order chi connectivity index (χ1) is 15.5. The number of esters is 1. The van der Waals surface area contributed by atoms with Gasteiger partial charge in [-0.1, -0.05) is 60.7 Å². The van der Waals surface area contributed by atoms with Gasteiger partial charge < -0.3 is 14.1 Å². The van der Waals surface area contributed by atoms with Gasteiger partial charge in [0.15, 0.2) is 0 Å². The predicted molar refractivity (Wildman–Crippen MR) is 122 cm³/mol. The number of aryl methyl sites for hydroxylation is 1. The van der Waals surface area contributed by atoms with Gasteiger partial charge in [-0.15, -0.1) is 0 Å². The summed E-state index contributed by atoms with van der Waals surface area (Å²) in [6.07, 6.45) is 2.75. The second kappa shape index (κ2) is 8.79. The molecule has 0 saturated carbocycles. The molecular weight excluding hydrogens is 405 g/mol. The first-order valence-corrected chi connectivity index (χ1v) is 10.4. The molecule has 2 unspecified atom stereocenters. The summed E-state index contributed by atoms with van der Waals surface area (Å²) in [5.74, 6) is -1.47. The van der Waals surface area contributed by atoms with Gasteiger partial charge in [-0.3, -0.25) is 4.79 Å². The van der Waals surface area contributed by atoms with E-state index < -0.39 is 23.1 Å². The summed E-state index contributed by atoms with van der Waals surface area (Å²) in [4.78, 5) is 25.7. The first-order valence-electron chi connectivity index (χ1n) is 10.4. The Hall–Kier alpha value is -3.73. The molecule has 0 saturated heterocycles. The standard InChI is InChI=1S/C27H24FNO3/c1-29-18-24(22-17-21(28)13-14-25(22)29)27(26(31)32-2,20-11-7-4-8-12-20)23(15-16-30)19-9-5-3-6-10-19/h3-14,16-18,23H,15H2,1-2H3. The zero-order valence-electron chi connectivity index (χ0n) is 18.0. The lowest BCUT2D eigenvalue weighted by Gasteiger charge is -2.38. The number of hydrogen-bond acceptors (Lipinski definition) is 3. The molecule has 3 aromatic carbocycles. The van der Waals surface area contributed by atoms with E-state index in [1.807, 2.05) is 78.5 Å².